The van der Waals surface area contributed by atoms with E-state index in [2.05, 4.69) is 5.32 Å². The largest absolute Gasteiger partial charge is 0.491 e. The number of carbonyl (C=O) groups is 1. The van der Waals surface area contributed by atoms with E-state index in [-0.39, 0.29) is 42.9 Å². The molecule has 0 heterocycles. The molecule has 1 aromatic rings. The van der Waals surface area contributed by atoms with E-state index in [9.17, 15) is 9.90 Å². The zero-order chi connectivity index (χ0) is 16.0. The van der Waals surface area contributed by atoms with E-state index >= 15 is 0 Å². The number of halogens is 1. The van der Waals surface area contributed by atoms with Gasteiger partial charge >= 0.3 is 0 Å². The molecule has 22 heavy (non-hydrogen) atoms. The summed E-state index contributed by atoms with van der Waals surface area (Å²) in [6.45, 7) is 7.59. The van der Waals surface area contributed by atoms with Crippen LogP contribution in [0.15, 0.2) is 24.3 Å². The predicted molar refractivity (Wildman–Crippen MR) is 90.2 cm³/mol. The number of hydrogen-bond acceptors (Lipinski definition) is 4. The van der Waals surface area contributed by atoms with Crippen molar-refractivity contribution < 1.29 is 14.6 Å². The molecule has 3 unspecified atom stereocenters. The van der Waals surface area contributed by atoms with Gasteiger partial charge in [0.2, 0.25) is 5.91 Å². The fourth-order valence-electron chi connectivity index (χ4n) is 1.78. The first-order valence-corrected chi connectivity index (χ1v) is 7.29. The Labute approximate surface area is 138 Å². The van der Waals surface area contributed by atoms with Gasteiger partial charge in [-0.2, -0.15) is 0 Å². The molecule has 3 atom stereocenters. The van der Waals surface area contributed by atoms with E-state index < -0.39 is 6.10 Å². The number of rotatable bonds is 7. The van der Waals surface area contributed by atoms with Crippen LogP contribution in [0.4, 0.5) is 0 Å². The smallest absolute Gasteiger partial charge is 0.224 e. The van der Waals surface area contributed by atoms with E-state index in [1.807, 2.05) is 26.0 Å². The Balaban J connectivity index is 0.00000441. The van der Waals surface area contributed by atoms with E-state index in [4.69, 9.17) is 10.5 Å². The number of aliphatic hydroxyl groups excluding tert-OH is 1. The number of aliphatic hydroxyl groups is 1. The average molecular weight is 331 g/mol. The molecule has 0 saturated carbocycles. The van der Waals surface area contributed by atoms with Crippen LogP contribution in [0.25, 0.3) is 0 Å². The van der Waals surface area contributed by atoms with Gasteiger partial charge in [0, 0.05) is 18.5 Å². The highest BCUT2D eigenvalue weighted by atomic mass is 35.5. The molecule has 0 aliphatic carbocycles. The third-order valence-corrected chi connectivity index (χ3v) is 3.29. The summed E-state index contributed by atoms with van der Waals surface area (Å²) in [6, 6.07) is 7.03. The van der Waals surface area contributed by atoms with E-state index in [1.54, 1.807) is 26.0 Å². The van der Waals surface area contributed by atoms with Crippen molar-refractivity contribution in [2.75, 3.05) is 6.54 Å². The van der Waals surface area contributed by atoms with Crippen molar-refractivity contribution in [1.29, 1.82) is 0 Å². The molecular formula is C16H27ClN2O3. The number of nitrogens with one attached hydrogen (secondary N) is 1. The number of benzene rings is 1. The van der Waals surface area contributed by atoms with Gasteiger partial charge in [0.1, 0.15) is 5.75 Å². The van der Waals surface area contributed by atoms with Crippen LogP contribution in [0.1, 0.15) is 39.4 Å². The van der Waals surface area contributed by atoms with Gasteiger partial charge in [0.25, 0.3) is 0 Å². The van der Waals surface area contributed by atoms with Crippen LogP contribution in [0.5, 0.6) is 5.75 Å². The fourth-order valence-corrected chi connectivity index (χ4v) is 1.78. The summed E-state index contributed by atoms with van der Waals surface area (Å²) in [5.41, 5.74) is 6.39. The van der Waals surface area contributed by atoms with Crippen molar-refractivity contribution in [2.24, 2.45) is 11.7 Å². The zero-order valence-electron chi connectivity index (χ0n) is 13.6. The minimum atomic E-state index is -0.773. The number of carbonyl (C=O) groups excluding carboxylic acids is 1. The van der Waals surface area contributed by atoms with Crippen LogP contribution in [-0.4, -0.2) is 29.7 Å². The molecule has 126 valence electrons. The topological polar surface area (TPSA) is 84.6 Å². The molecule has 6 heteroatoms. The lowest BCUT2D eigenvalue weighted by atomic mass is 10.0. The molecule has 1 aromatic carbocycles. The predicted octanol–water partition coefficient (Wildman–Crippen LogP) is 2.03. The Morgan fingerprint density at radius 2 is 1.95 bits per heavy atom. The third kappa shape index (κ3) is 6.64. The van der Waals surface area contributed by atoms with E-state index in [0.29, 0.717) is 11.3 Å². The standard InChI is InChI=1S/C16H26N2O3.ClH/c1-10(2)21-14-7-5-6-13(8-14)15(19)9-18-16(20)11(3)12(4)17;/h5-8,10-12,15,19H,9,17H2,1-4H3,(H,18,20);1H. The normalized spacial score (nSPS) is 14.7. The summed E-state index contributed by atoms with van der Waals surface area (Å²) < 4.78 is 5.59. The molecule has 0 aromatic heterocycles. The summed E-state index contributed by atoms with van der Waals surface area (Å²) in [6.07, 6.45) is -0.700. The van der Waals surface area contributed by atoms with Crippen LogP contribution in [0.3, 0.4) is 0 Å². The molecule has 1 rings (SSSR count). The minimum absolute atomic E-state index is 0. The van der Waals surface area contributed by atoms with Crippen molar-refractivity contribution in [3.8, 4) is 5.75 Å². The first-order chi connectivity index (χ1) is 9.81. The summed E-state index contributed by atoms with van der Waals surface area (Å²) in [4.78, 5) is 11.8. The van der Waals surface area contributed by atoms with Gasteiger partial charge in [0.05, 0.1) is 12.2 Å². The Kier molecular flexibility index (Phi) is 9.09. The van der Waals surface area contributed by atoms with E-state index in [0.717, 1.165) is 0 Å². The second kappa shape index (κ2) is 9.66. The van der Waals surface area contributed by atoms with Gasteiger partial charge in [0.15, 0.2) is 0 Å². The van der Waals surface area contributed by atoms with Gasteiger partial charge in [-0.3, -0.25) is 4.79 Å². The number of ether oxygens (including phenoxy) is 1. The second-order valence-electron chi connectivity index (χ2n) is 5.65. The van der Waals surface area contributed by atoms with Crippen molar-refractivity contribution in [3.05, 3.63) is 29.8 Å². The molecule has 0 spiro atoms. The maximum atomic E-state index is 11.8. The molecule has 0 bridgehead atoms. The van der Waals surface area contributed by atoms with Crippen molar-refractivity contribution in [3.63, 3.8) is 0 Å². The van der Waals surface area contributed by atoms with Crippen LogP contribution in [0, 0.1) is 5.92 Å². The lowest BCUT2D eigenvalue weighted by molar-refractivity contribution is -0.125. The summed E-state index contributed by atoms with van der Waals surface area (Å²) in [7, 11) is 0. The van der Waals surface area contributed by atoms with Crippen LogP contribution < -0.4 is 15.8 Å². The van der Waals surface area contributed by atoms with Crippen molar-refractivity contribution in [1.82, 2.24) is 5.32 Å². The molecule has 0 fully saturated rings. The Hall–Kier alpha value is -1.30. The zero-order valence-corrected chi connectivity index (χ0v) is 14.4. The Morgan fingerprint density at radius 3 is 2.50 bits per heavy atom. The van der Waals surface area contributed by atoms with Gasteiger partial charge in [-0.15, -0.1) is 12.4 Å². The SMILES string of the molecule is CC(C)Oc1cccc(C(O)CNC(=O)C(C)C(C)N)c1.Cl. The van der Waals surface area contributed by atoms with Crippen molar-refractivity contribution >= 4 is 18.3 Å². The van der Waals surface area contributed by atoms with Crippen LogP contribution in [-0.2, 0) is 4.79 Å². The summed E-state index contributed by atoms with van der Waals surface area (Å²) >= 11 is 0. The fraction of sp³-hybridized carbons (Fsp3) is 0.562. The van der Waals surface area contributed by atoms with Gasteiger partial charge in [-0.1, -0.05) is 19.1 Å². The third-order valence-electron chi connectivity index (χ3n) is 3.29. The molecule has 0 saturated heterocycles. The quantitative estimate of drug-likeness (QED) is 0.714. The lowest BCUT2D eigenvalue weighted by Crippen LogP contribution is -2.40. The van der Waals surface area contributed by atoms with Gasteiger partial charge < -0.3 is 20.9 Å². The molecular weight excluding hydrogens is 304 g/mol. The van der Waals surface area contributed by atoms with Crippen molar-refractivity contribution in [2.45, 2.75) is 45.9 Å². The number of nitrogens with two attached hydrogens (primary N) is 1. The maximum Gasteiger partial charge on any atom is 0.224 e. The highest BCUT2D eigenvalue weighted by molar-refractivity contribution is 5.85. The van der Waals surface area contributed by atoms with Crippen LogP contribution >= 0.6 is 12.4 Å². The molecule has 1 amide bonds. The number of amides is 1. The average Bonchev–Trinajstić information content (AvgIpc) is 2.42. The molecule has 4 N–H and O–H groups in total. The maximum absolute atomic E-state index is 11.8. The lowest BCUT2D eigenvalue weighted by Gasteiger charge is -2.18. The van der Waals surface area contributed by atoms with Gasteiger partial charge in [-0.05, 0) is 38.5 Å². The molecule has 5 nitrogen and oxygen atoms in total. The van der Waals surface area contributed by atoms with Gasteiger partial charge in [-0.25, -0.2) is 0 Å². The summed E-state index contributed by atoms with van der Waals surface area (Å²) in [5.74, 6) is 0.267. The first kappa shape index (κ1) is 20.7. The molecule has 0 aliphatic heterocycles. The van der Waals surface area contributed by atoms with Crippen LogP contribution in [0.2, 0.25) is 0 Å². The van der Waals surface area contributed by atoms with E-state index in [1.165, 1.54) is 0 Å². The Morgan fingerprint density at radius 1 is 1.32 bits per heavy atom. The highest BCUT2D eigenvalue weighted by Crippen LogP contribution is 2.20. The first-order valence-electron chi connectivity index (χ1n) is 7.29. The summed E-state index contributed by atoms with van der Waals surface area (Å²) in [5, 5.41) is 12.9. The molecule has 0 radical (unpaired) electrons. The molecule has 0 aliphatic rings. The Bertz CT molecular complexity index is 466. The number of hydrogen-bond donors (Lipinski definition) is 3. The highest BCUT2D eigenvalue weighted by Gasteiger charge is 2.18. The monoisotopic (exact) mass is 330 g/mol. The second-order valence-corrected chi connectivity index (χ2v) is 5.65. The minimum Gasteiger partial charge on any atom is -0.491 e.